The fourth-order valence-corrected chi connectivity index (χ4v) is 2.25. The van der Waals surface area contributed by atoms with Crippen LogP contribution >= 0.6 is 15.9 Å². The standard InChI is InChI=1S/C12H16BrNO3/c1-2-15-4-3-14-7-9-5-10(13)12-11(6-9)16-8-17-12/h5-6,14H,2-4,7-8H2,1H3. The molecule has 1 heterocycles. The molecule has 4 nitrogen and oxygen atoms in total. The van der Waals surface area contributed by atoms with E-state index in [-0.39, 0.29) is 0 Å². The highest BCUT2D eigenvalue weighted by Crippen LogP contribution is 2.39. The van der Waals surface area contributed by atoms with Crippen LogP contribution in [0.1, 0.15) is 12.5 Å². The smallest absolute Gasteiger partial charge is 0.231 e. The lowest BCUT2D eigenvalue weighted by molar-refractivity contribution is 0.149. The first-order valence-corrected chi connectivity index (χ1v) is 6.47. The van der Waals surface area contributed by atoms with Gasteiger partial charge in [0, 0.05) is 19.7 Å². The lowest BCUT2D eigenvalue weighted by Gasteiger charge is -2.07. The van der Waals surface area contributed by atoms with Crippen LogP contribution in [-0.2, 0) is 11.3 Å². The van der Waals surface area contributed by atoms with Crippen molar-refractivity contribution >= 4 is 15.9 Å². The average Bonchev–Trinajstić information content (AvgIpc) is 2.77. The molecule has 0 unspecified atom stereocenters. The average molecular weight is 302 g/mol. The van der Waals surface area contributed by atoms with Gasteiger partial charge in [-0.2, -0.15) is 0 Å². The molecule has 17 heavy (non-hydrogen) atoms. The van der Waals surface area contributed by atoms with E-state index in [9.17, 15) is 0 Å². The molecule has 94 valence electrons. The number of hydrogen-bond acceptors (Lipinski definition) is 4. The van der Waals surface area contributed by atoms with Crippen LogP contribution in [0, 0.1) is 0 Å². The molecule has 1 N–H and O–H groups in total. The number of ether oxygens (including phenoxy) is 3. The quantitative estimate of drug-likeness (QED) is 0.819. The van der Waals surface area contributed by atoms with Crippen molar-refractivity contribution in [3.63, 3.8) is 0 Å². The summed E-state index contributed by atoms with van der Waals surface area (Å²) in [5.41, 5.74) is 1.16. The van der Waals surface area contributed by atoms with Gasteiger partial charge in [0.15, 0.2) is 11.5 Å². The van der Waals surface area contributed by atoms with E-state index in [0.717, 1.165) is 47.8 Å². The monoisotopic (exact) mass is 301 g/mol. The maximum absolute atomic E-state index is 5.36. The van der Waals surface area contributed by atoms with Crippen molar-refractivity contribution in [3.8, 4) is 11.5 Å². The van der Waals surface area contributed by atoms with Gasteiger partial charge in [0.05, 0.1) is 11.1 Å². The Bertz CT molecular complexity index is 384. The summed E-state index contributed by atoms with van der Waals surface area (Å²) in [4.78, 5) is 0. The Balaban J connectivity index is 1.87. The van der Waals surface area contributed by atoms with Gasteiger partial charge in [-0.15, -0.1) is 0 Å². The minimum Gasteiger partial charge on any atom is -0.454 e. The van der Waals surface area contributed by atoms with Crippen molar-refractivity contribution in [1.82, 2.24) is 5.32 Å². The van der Waals surface area contributed by atoms with Gasteiger partial charge < -0.3 is 19.5 Å². The highest BCUT2D eigenvalue weighted by Gasteiger charge is 2.17. The van der Waals surface area contributed by atoms with E-state index in [1.54, 1.807) is 0 Å². The largest absolute Gasteiger partial charge is 0.454 e. The van der Waals surface area contributed by atoms with Crippen LogP contribution in [-0.4, -0.2) is 26.6 Å². The lowest BCUT2D eigenvalue weighted by atomic mass is 10.2. The van der Waals surface area contributed by atoms with Crippen LogP contribution in [0.3, 0.4) is 0 Å². The molecule has 0 bridgehead atoms. The van der Waals surface area contributed by atoms with Gasteiger partial charge in [-0.05, 0) is 40.5 Å². The first-order chi connectivity index (χ1) is 8.31. The summed E-state index contributed by atoms with van der Waals surface area (Å²) >= 11 is 3.47. The zero-order valence-corrected chi connectivity index (χ0v) is 11.4. The van der Waals surface area contributed by atoms with Crippen molar-refractivity contribution in [3.05, 3.63) is 22.2 Å². The molecule has 5 heteroatoms. The molecule has 1 aromatic rings. The highest BCUT2D eigenvalue weighted by molar-refractivity contribution is 9.10. The third kappa shape index (κ3) is 3.34. The summed E-state index contributed by atoms with van der Waals surface area (Å²) in [6, 6.07) is 4.04. The van der Waals surface area contributed by atoms with E-state index in [1.807, 2.05) is 19.1 Å². The number of nitrogens with one attached hydrogen (secondary N) is 1. The molecule has 0 saturated heterocycles. The van der Waals surface area contributed by atoms with Crippen LogP contribution in [0.2, 0.25) is 0 Å². The fourth-order valence-electron chi connectivity index (χ4n) is 1.64. The molecule has 2 rings (SSSR count). The Morgan fingerprint density at radius 2 is 2.29 bits per heavy atom. The van der Waals surface area contributed by atoms with E-state index in [0.29, 0.717) is 6.79 Å². The van der Waals surface area contributed by atoms with Gasteiger partial charge in [-0.25, -0.2) is 0 Å². The summed E-state index contributed by atoms with van der Waals surface area (Å²) < 4.78 is 16.9. The number of benzene rings is 1. The molecule has 1 aliphatic rings. The van der Waals surface area contributed by atoms with Gasteiger partial charge in [0.25, 0.3) is 0 Å². The molecule has 0 atom stereocenters. The second kappa shape index (κ2) is 6.23. The Labute approximate surface area is 109 Å². The summed E-state index contributed by atoms with van der Waals surface area (Å²) in [6.45, 7) is 5.44. The Kier molecular flexibility index (Phi) is 4.65. The van der Waals surface area contributed by atoms with Crippen molar-refractivity contribution < 1.29 is 14.2 Å². The molecule has 0 saturated carbocycles. The molecule has 1 aromatic carbocycles. The Hall–Kier alpha value is -0.780. The van der Waals surface area contributed by atoms with Crippen molar-refractivity contribution in [1.29, 1.82) is 0 Å². The Morgan fingerprint density at radius 3 is 3.12 bits per heavy atom. The minimum atomic E-state index is 0.301. The number of hydrogen-bond donors (Lipinski definition) is 1. The molecule has 0 fully saturated rings. The molecule has 0 aromatic heterocycles. The van der Waals surface area contributed by atoms with E-state index in [4.69, 9.17) is 14.2 Å². The molecule has 0 amide bonds. The topological polar surface area (TPSA) is 39.7 Å². The second-order valence-electron chi connectivity index (χ2n) is 3.69. The number of halogens is 1. The fraction of sp³-hybridized carbons (Fsp3) is 0.500. The summed E-state index contributed by atoms with van der Waals surface area (Å²) in [5, 5.41) is 3.31. The van der Waals surface area contributed by atoms with E-state index in [2.05, 4.69) is 21.2 Å². The highest BCUT2D eigenvalue weighted by atomic mass is 79.9. The van der Waals surface area contributed by atoms with Gasteiger partial charge in [-0.1, -0.05) is 0 Å². The molecule has 1 aliphatic heterocycles. The zero-order chi connectivity index (χ0) is 12.1. The van der Waals surface area contributed by atoms with Crippen LogP contribution in [0.25, 0.3) is 0 Å². The molecule has 0 radical (unpaired) electrons. The maximum atomic E-state index is 5.36. The van der Waals surface area contributed by atoms with E-state index < -0.39 is 0 Å². The van der Waals surface area contributed by atoms with Crippen LogP contribution in [0.5, 0.6) is 11.5 Å². The third-order valence-electron chi connectivity index (χ3n) is 2.44. The van der Waals surface area contributed by atoms with E-state index in [1.165, 1.54) is 0 Å². The van der Waals surface area contributed by atoms with Crippen LogP contribution in [0.15, 0.2) is 16.6 Å². The zero-order valence-electron chi connectivity index (χ0n) is 9.79. The minimum absolute atomic E-state index is 0.301. The third-order valence-corrected chi connectivity index (χ3v) is 3.03. The van der Waals surface area contributed by atoms with Gasteiger partial charge >= 0.3 is 0 Å². The molecule has 0 spiro atoms. The molecular formula is C12H16BrNO3. The summed E-state index contributed by atoms with van der Waals surface area (Å²) in [7, 11) is 0. The van der Waals surface area contributed by atoms with Crippen molar-refractivity contribution in [2.24, 2.45) is 0 Å². The predicted molar refractivity (Wildman–Crippen MR) is 68.5 cm³/mol. The first kappa shape index (κ1) is 12.7. The molecular weight excluding hydrogens is 286 g/mol. The van der Waals surface area contributed by atoms with Gasteiger partial charge in [0.1, 0.15) is 0 Å². The Morgan fingerprint density at radius 1 is 1.41 bits per heavy atom. The summed E-state index contributed by atoms with van der Waals surface area (Å²) in [6.07, 6.45) is 0. The van der Waals surface area contributed by atoms with Gasteiger partial charge in [0.2, 0.25) is 6.79 Å². The van der Waals surface area contributed by atoms with Crippen molar-refractivity contribution in [2.45, 2.75) is 13.5 Å². The van der Waals surface area contributed by atoms with E-state index >= 15 is 0 Å². The molecule has 0 aliphatic carbocycles. The van der Waals surface area contributed by atoms with Gasteiger partial charge in [-0.3, -0.25) is 0 Å². The lowest BCUT2D eigenvalue weighted by Crippen LogP contribution is -2.19. The second-order valence-corrected chi connectivity index (χ2v) is 4.54. The maximum Gasteiger partial charge on any atom is 0.231 e. The number of rotatable bonds is 6. The van der Waals surface area contributed by atoms with Crippen LogP contribution in [0.4, 0.5) is 0 Å². The predicted octanol–water partition coefficient (Wildman–Crippen LogP) is 2.30. The normalized spacial score (nSPS) is 13.1. The summed E-state index contributed by atoms with van der Waals surface area (Å²) in [5.74, 6) is 1.60. The van der Waals surface area contributed by atoms with Crippen molar-refractivity contribution in [2.75, 3.05) is 26.6 Å². The SMILES string of the molecule is CCOCCNCc1cc(Br)c2c(c1)OCO2. The van der Waals surface area contributed by atoms with Crippen LogP contribution < -0.4 is 14.8 Å². The number of fused-ring (bicyclic) bond motifs is 1. The first-order valence-electron chi connectivity index (χ1n) is 5.67.